The number of nitrogens with two attached hydrogens (primary N) is 1. The molecule has 37 heavy (non-hydrogen) atoms. The first-order chi connectivity index (χ1) is 17.5. The second-order valence-corrected chi connectivity index (χ2v) is 8.05. The molecule has 0 bridgehead atoms. The molecule has 0 amide bonds. The van der Waals surface area contributed by atoms with Crippen LogP contribution in [0.15, 0.2) is 40.5 Å². The van der Waals surface area contributed by atoms with Gasteiger partial charge in [0.15, 0.2) is 12.1 Å². The maximum atomic E-state index is 14.3. The van der Waals surface area contributed by atoms with Gasteiger partial charge in [-0.25, -0.2) is 24.4 Å². The van der Waals surface area contributed by atoms with Crippen molar-refractivity contribution >= 4 is 24.0 Å². The zero-order chi connectivity index (χ0) is 27.6. The summed E-state index contributed by atoms with van der Waals surface area (Å²) in [7, 11) is 1.92. The predicted molar refractivity (Wildman–Crippen MR) is 132 cm³/mol. The third-order valence-corrected chi connectivity index (χ3v) is 4.94. The highest BCUT2D eigenvalue weighted by atomic mass is 19.4. The molecule has 0 saturated carbocycles. The highest BCUT2D eigenvalue weighted by molar-refractivity contribution is 5.86. The number of anilines is 1. The number of hydrogen-bond acceptors (Lipinski definition) is 7. The van der Waals surface area contributed by atoms with Gasteiger partial charge in [-0.3, -0.25) is 9.59 Å². The van der Waals surface area contributed by atoms with Gasteiger partial charge in [-0.15, -0.1) is 0 Å². The van der Waals surface area contributed by atoms with Crippen molar-refractivity contribution < 1.29 is 22.4 Å². The minimum Gasteiger partial charge on any atom is -0.397 e. The molecule has 0 aliphatic rings. The van der Waals surface area contributed by atoms with E-state index in [1.165, 1.54) is 12.1 Å². The van der Waals surface area contributed by atoms with Crippen molar-refractivity contribution in [3.63, 3.8) is 0 Å². The molecule has 0 unspecified atom stereocenters. The van der Waals surface area contributed by atoms with E-state index in [-0.39, 0.29) is 17.0 Å². The van der Waals surface area contributed by atoms with Crippen LogP contribution < -0.4 is 11.3 Å². The van der Waals surface area contributed by atoms with Crippen LogP contribution in [0.25, 0.3) is 11.4 Å². The molecule has 0 radical (unpaired) electrons. The lowest BCUT2D eigenvalue weighted by atomic mass is 10.1. The summed E-state index contributed by atoms with van der Waals surface area (Å²) in [6, 6.07) is 2.69. The van der Waals surface area contributed by atoms with Gasteiger partial charge >= 0.3 is 6.18 Å². The lowest BCUT2D eigenvalue weighted by Crippen LogP contribution is -2.24. The number of H-pyrrole nitrogens is 1. The molecular formula is C24H27F4N7O2. The van der Waals surface area contributed by atoms with Crippen molar-refractivity contribution in [3.05, 3.63) is 63.6 Å². The molecular weight excluding hydrogens is 494 g/mol. The summed E-state index contributed by atoms with van der Waals surface area (Å²) in [4.78, 5) is 36.4. The summed E-state index contributed by atoms with van der Waals surface area (Å²) in [6.07, 6.45) is 4.90. The monoisotopic (exact) mass is 521 g/mol. The lowest BCUT2D eigenvalue weighted by molar-refractivity contribution is -0.138. The van der Waals surface area contributed by atoms with Crippen molar-refractivity contribution in [2.45, 2.75) is 39.3 Å². The fourth-order valence-corrected chi connectivity index (χ4v) is 3.02. The average molecular weight is 522 g/mol. The van der Waals surface area contributed by atoms with Crippen LogP contribution in [0.5, 0.6) is 0 Å². The minimum atomic E-state index is -4.74. The van der Waals surface area contributed by atoms with Crippen LogP contribution in [0.3, 0.4) is 0 Å². The summed E-state index contributed by atoms with van der Waals surface area (Å²) < 4.78 is 50.3. The van der Waals surface area contributed by atoms with E-state index in [9.17, 15) is 27.2 Å². The van der Waals surface area contributed by atoms with Gasteiger partial charge in [-0.05, 0) is 31.0 Å². The zero-order valence-corrected chi connectivity index (χ0v) is 20.5. The van der Waals surface area contributed by atoms with Crippen molar-refractivity contribution in [2.24, 2.45) is 4.99 Å². The molecule has 198 valence electrons. The molecule has 0 aliphatic carbocycles. The fourth-order valence-electron chi connectivity index (χ4n) is 3.02. The quantitative estimate of drug-likeness (QED) is 0.146. The molecule has 0 atom stereocenters. The van der Waals surface area contributed by atoms with E-state index < -0.39 is 28.8 Å². The van der Waals surface area contributed by atoms with E-state index in [2.05, 4.69) is 27.0 Å². The molecule has 2 heterocycles. The minimum absolute atomic E-state index is 0.201. The van der Waals surface area contributed by atoms with Gasteiger partial charge in [0.25, 0.3) is 5.56 Å². The van der Waals surface area contributed by atoms with Gasteiger partial charge < -0.3 is 10.6 Å². The second kappa shape index (κ2) is 13.2. The zero-order valence-electron chi connectivity index (χ0n) is 20.5. The Labute approximate surface area is 210 Å². The normalized spacial score (nSPS) is 11.2. The van der Waals surface area contributed by atoms with Crippen LogP contribution in [0.1, 0.15) is 47.7 Å². The first kappa shape index (κ1) is 29.1. The van der Waals surface area contributed by atoms with Gasteiger partial charge in [0.2, 0.25) is 0 Å². The standard InChI is InChI=1S/C19H23FN4O.C5H4F3N3O/c1-4-5-6-7-24(3)13-23-18-9-16(17(20)8-15(18)12-25)19-21-10-14(2)11-22-19;6-5(7,8)3-2(9)1-10-11-4(3)12/h8-13H,4-7H2,1-3H3;1H,(H3,9,11,12). The van der Waals surface area contributed by atoms with Gasteiger partial charge in [0.1, 0.15) is 11.4 Å². The van der Waals surface area contributed by atoms with E-state index in [0.29, 0.717) is 12.0 Å². The number of aldehydes is 1. The van der Waals surface area contributed by atoms with Crippen molar-refractivity contribution in [2.75, 3.05) is 19.3 Å². The number of nitrogens with zero attached hydrogens (tertiary/aromatic N) is 5. The summed E-state index contributed by atoms with van der Waals surface area (Å²) in [6.45, 7) is 4.89. The first-order valence-corrected chi connectivity index (χ1v) is 11.2. The largest absolute Gasteiger partial charge is 0.423 e. The second-order valence-electron chi connectivity index (χ2n) is 8.05. The Bertz CT molecular complexity index is 1280. The number of hydrogen-bond donors (Lipinski definition) is 2. The van der Waals surface area contributed by atoms with Gasteiger partial charge in [-0.1, -0.05) is 19.8 Å². The summed E-state index contributed by atoms with van der Waals surface area (Å²) in [5, 5.41) is 4.74. The number of carbonyl (C=O) groups is 1. The number of unbranched alkanes of at least 4 members (excludes halogenated alkanes) is 2. The number of rotatable bonds is 8. The SMILES string of the molecule is CCCCCN(C)C=Nc1cc(-c2ncc(C)cn2)c(F)cc1C=O.Nc1cn[nH]c(=O)c1C(F)(F)F. The van der Waals surface area contributed by atoms with E-state index in [0.717, 1.165) is 37.6 Å². The number of aliphatic imine (C=N–C) groups is 1. The molecule has 0 fully saturated rings. The van der Waals surface area contributed by atoms with Crippen LogP contribution in [0.2, 0.25) is 0 Å². The molecule has 3 N–H and O–H groups in total. The Hall–Kier alpha value is -4.16. The average Bonchev–Trinajstić information content (AvgIpc) is 2.83. The molecule has 3 rings (SSSR count). The molecule has 2 aromatic heterocycles. The summed E-state index contributed by atoms with van der Waals surface area (Å²) in [5.41, 5.74) is 3.21. The van der Waals surface area contributed by atoms with Crippen molar-refractivity contribution in [3.8, 4) is 11.4 Å². The number of carbonyl (C=O) groups excluding carboxylic acids is 1. The maximum absolute atomic E-state index is 14.3. The van der Waals surface area contributed by atoms with Crippen LogP contribution in [-0.4, -0.2) is 51.3 Å². The number of halogens is 4. The van der Waals surface area contributed by atoms with Crippen LogP contribution >= 0.6 is 0 Å². The van der Waals surface area contributed by atoms with Crippen LogP contribution in [0.4, 0.5) is 28.9 Å². The summed E-state index contributed by atoms with van der Waals surface area (Å²) >= 11 is 0. The Morgan fingerprint density at radius 1 is 1.16 bits per heavy atom. The fraction of sp³-hybridized carbons (Fsp3) is 0.333. The third-order valence-electron chi connectivity index (χ3n) is 4.94. The van der Waals surface area contributed by atoms with E-state index in [4.69, 9.17) is 5.73 Å². The third kappa shape index (κ3) is 8.47. The number of aromatic nitrogens is 4. The predicted octanol–water partition coefficient (Wildman–Crippen LogP) is 4.56. The van der Waals surface area contributed by atoms with Crippen LogP contribution in [-0.2, 0) is 6.18 Å². The molecule has 0 saturated heterocycles. The van der Waals surface area contributed by atoms with Crippen molar-refractivity contribution in [1.82, 2.24) is 25.1 Å². The van der Waals surface area contributed by atoms with Gasteiger partial charge in [0.05, 0.1) is 29.5 Å². The number of aromatic amines is 1. The smallest absolute Gasteiger partial charge is 0.397 e. The lowest BCUT2D eigenvalue weighted by Gasteiger charge is -2.12. The Morgan fingerprint density at radius 3 is 2.38 bits per heavy atom. The first-order valence-electron chi connectivity index (χ1n) is 11.2. The van der Waals surface area contributed by atoms with E-state index in [1.54, 1.807) is 23.8 Å². The Balaban J connectivity index is 0.000000335. The van der Waals surface area contributed by atoms with E-state index in [1.807, 2.05) is 18.9 Å². The molecule has 0 aliphatic heterocycles. The molecule has 3 aromatic rings. The number of aryl methyl sites for hydroxylation is 1. The number of benzene rings is 1. The maximum Gasteiger partial charge on any atom is 0.423 e. The highest BCUT2D eigenvalue weighted by Crippen LogP contribution is 2.30. The highest BCUT2D eigenvalue weighted by Gasteiger charge is 2.36. The Kier molecular flexibility index (Phi) is 10.4. The topological polar surface area (TPSA) is 130 Å². The molecule has 9 nitrogen and oxygen atoms in total. The number of alkyl halides is 3. The van der Waals surface area contributed by atoms with E-state index >= 15 is 0 Å². The van der Waals surface area contributed by atoms with Gasteiger partial charge in [-0.2, -0.15) is 18.3 Å². The van der Waals surface area contributed by atoms with Crippen molar-refractivity contribution in [1.29, 1.82) is 0 Å². The molecule has 13 heteroatoms. The van der Waals surface area contributed by atoms with Gasteiger partial charge in [0, 0.05) is 31.5 Å². The molecule has 1 aromatic carbocycles. The Morgan fingerprint density at radius 2 is 1.84 bits per heavy atom. The number of nitrogen functional groups attached to an aromatic ring is 1. The van der Waals surface area contributed by atoms with Crippen LogP contribution in [0, 0.1) is 12.7 Å². The number of nitrogens with one attached hydrogen (secondary N) is 1. The molecule has 0 spiro atoms. The summed E-state index contributed by atoms with van der Waals surface area (Å²) in [5.74, 6) is -0.269.